The third kappa shape index (κ3) is 1.93. The van der Waals surface area contributed by atoms with E-state index in [9.17, 15) is 10.4 Å². The Morgan fingerprint density at radius 1 is 1.14 bits per heavy atom. The Morgan fingerprint density at radius 2 is 1.86 bits per heavy atom. The minimum absolute atomic E-state index is 0.180. The predicted molar refractivity (Wildman–Crippen MR) is 85.2 cm³/mol. The lowest BCUT2D eigenvalue weighted by molar-refractivity contribution is 0.471. The van der Waals surface area contributed by atoms with Crippen LogP contribution >= 0.6 is 0 Å². The molecule has 22 heavy (non-hydrogen) atoms. The third-order valence-corrected chi connectivity index (χ3v) is 3.82. The lowest BCUT2D eigenvalue weighted by atomic mass is 9.91. The number of anilines is 1. The van der Waals surface area contributed by atoms with Crippen molar-refractivity contribution in [3.63, 3.8) is 0 Å². The first kappa shape index (κ1) is 13.8. The number of hydrogen-bond donors (Lipinski definition) is 2. The number of fused-ring (bicyclic) bond motifs is 1. The van der Waals surface area contributed by atoms with Gasteiger partial charge in [-0.1, -0.05) is 6.07 Å². The molecule has 3 aromatic rings. The van der Waals surface area contributed by atoms with Gasteiger partial charge in [0.15, 0.2) is 0 Å². The predicted octanol–water partition coefficient (Wildman–Crippen LogP) is 3.07. The van der Waals surface area contributed by atoms with E-state index in [0.717, 1.165) is 11.1 Å². The fraction of sp³-hybridized carbons (Fsp3) is 0.118. The maximum Gasteiger partial charge on any atom is 0.119 e. The minimum atomic E-state index is 0.180. The van der Waals surface area contributed by atoms with Crippen LogP contribution < -0.4 is 5.73 Å². The Balaban J connectivity index is 2.54. The molecule has 0 unspecified atom stereocenters. The zero-order valence-electron chi connectivity index (χ0n) is 12.3. The molecule has 5 nitrogen and oxygen atoms in total. The van der Waals surface area contributed by atoms with Crippen molar-refractivity contribution in [3.05, 3.63) is 47.3 Å². The van der Waals surface area contributed by atoms with E-state index in [-0.39, 0.29) is 5.75 Å². The Bertz CT molecular complexity index is 942. The monoisotopic (exact) mass is 290 g/mol. The molecule has 0 saturated carbocycles. The van der Waals surface area contributed by atoms with E-state index in [1.54, 1.807) is 24.5 Å². The number of rotatable bonds is 1. The Morgan fingerprint density at radius 3 is 2.59 bits per heavy atom. The SMILES string of the molecule is Cc1ccc(O)c(C)c1-c1c(N)c(C#N)cc2nccnc12. The molecule has 5 heteroatoms. The molecule has 0 aliphatic heterocycles. The van der Waals surface area contributed by atoms with Crippen LogP contribution in [0.1, 0.15) is 16.7 Å². The second-order valence-corrected chi connectivity index (χ2v) is 5.15. The van der Waals surface area contributed by atoms with Crippen LogP contribution in [0.5, 0.6) is 5.75 Å². The molecule has 1 aromatic heterocycles. The number of nitriles is 1. The zero-order valence-corrected chi connectivity index (χ0v) is 12.3. The number of nitrogens with two attached hydrogens (primary N) is 1. The van der Waals surface area contributed by atoms with E-state index >= 15 is 0 Å². The maximum absolute atomic E-state index is 10.0. The molecule has 108 valence electrons. The average Bonchev–Trinajstić information content (AvgIpc) is 2.53. The molecule has 0 spiro atoms. The van der Waals surface area contributed by atoms with Crippen molar-refractivity contribution in [1.29, 1.82) is 5.26 Å². The summed E-state index contributed by atoms with van der Waals surface area (Å²) in [5.74, 6) is 0.180. The first-order chi connectivity index (χ1) is 10.5. The highest BCUT2D eigenvalue weighted by molar-refractivity contribution is 6.02. The molecule has 0 atom stereocenters. The van der Waals surface area contributed by atoms with Crippen LogP contribution in [0.2, 0.25) is 0 Å². The van der Waals surface area contributed by atoms with Crippen molar-refractivity contribution in [1.82, 2.24) is 9.97 Å². The lowest BCUT2D eigenvalue weighted by Crippen LogP contribution is -2.01. The summed E-state index contributed by atoms with van der Waals surface area (Å²) >= 11 is 0. The topological polar surface area (TPSA) is 95.8 Å². The largest absolute Gasteiger partial charge is 0.508 e. The summed E-state index contributed by atoms with van der Waals surface area (Å²) in [5.41, 5.74) is 11.2. The fourth-order valence-corrected chi connectivity index (χ4v) is 2.69. The zero-order chi connectivity index (χ0) is 15.9. The maximum atomic E-state index is 10.0. The Labute approximate surface area is 127 Å². The number of hydrogen-bond acceptors (Lipinski definition) is 5. The molecule has 0 fully saturated rings. The summed E-state index contributed by atoms with van der Waals surface area (Å²) in [7, 11) is 0. The summed E-state index contributed by atoms with van der Waals surface area (Å²) in [5, 5.41) is 19.3. The van der Waals surface area contributed by atoms with Crippen LogP contribution in [-0.2, 0) is 0 Å². The average molecular weight is 290 g/mol. The van der Waals surface area contributed by atoms with E-state index in [0.29, 0.717) is 33.4 Å². The van der Waals surface area contributed by atoms with E-state index in [1.165, 1.54) is 0 Å². The van der Waals surface area contributed by atoms with Gasteiger partial charge in [0.05, 0.1) is 22.3 Å². The number of aryl methyl sites for hydroxylation is 1. The summed E-state index contributed by atoms with van der Waals surface area (Å²) in [4.78, 5) is 8.64. The number of phenols is 1. The summed E-state index contributed by atoms with van der Waals surface area (Å²) in [6.07, 6.45) is 3.16. The van der Waals surface area contributed by atoms with Crippen LogP contribution in [0, 0.1) is 25.2 Å². The molecule has 2 aromatic carbocycles. The van der Waals surface area contributed by atoms with Crippen molar-refractivity contribution in [2.45, 2.75) is 13.8 Å². The Hall–Kier alpha value is -3.13. The van der Waals surface area contributed by atoms with Crippen molar-refractivity contribution >= 4 is 16.7 Å². The minimum Gasteiger partial charge on any atom is -0.508 e. The van der Waals surface area contributed by atoms with Gasteiger partial charge in [0, 0.05) is 18.0 Å². The van der Waals surface area contributed by atoms with Crippen LogP contribution in [-0.4, -0.2) is 15.1 Å². The Kier molecular flexibility index (Phi) is 3.15. The van der Waals surface area contributed by atoms with Crippen molar-refractivity contribution in [3.8, 4) is 22.9 Å². The van der Waals surface area contributed by atoms with Crippen LogP contribution in [0.3, 0.4) is 0 Å². The summed E-state index contributed by atoms with van der Waals surface area (Å²) < 4.78 is 0. The molecule has 0 aliphatic carbocycles. The van der Waals surface area contributed by atoms with Crippen molar-refractivity contribution in [2.75, 3.05) is 5.73 Å². The number of aromatic nitrogens is 2. The van der Waals surface area contributed by atoms with Crippen LogP contribution in [0.25, 0.3) is 22.2 Å². The van der Waals surface area contributed by atoms with E-state index in [1.807, 2.05) is 19.9 Å². The highest BCUT2D eigenvalue weighted by Gasteiger charge is 2.19. The van der Waals surface area contributed by atoms with Gasteiger partial charge in [-0.2, -0.15) is 5.26 Å². The smallest absolute Gasteiger partial charge is 0.119 e. The van der Waals surface area contributed by atoms with Crippen LogP contribution in [0.4, 0.5) is 5.69 Å². The molecule has 3 rings (SSSR count). The van der Waals surface area contributed by atoms with Gasteiger partial charge in [-0.3, -0.25) is 9.97 Å². The molecular weight excluding hydrogens is 276 g/mol. The van der Waals surface area contributed by atoms with Gasteiger partial charge >= 0.3 is 0 Å². The number of benzene rings is 2. The lowest BCUT2D eigenvalue weighted by Gasteiger charge is -2.16. The molecule has 0 saturated heterocycles. The summed E-state index contributed by atoms with van der Waals surface area (Å²) in [6, 6.07) is 7.19. The first-order valence-electron chi connectivity index (χ1n) is 6.77. The highest BCUT2D eigenvalue weighted by atomic mass is 16.3. The number of phenolic OH excluding ortho intramolecular Hbond substituents is 1. The molecule has 0 bridgehead atoms. The second kappa shape index (κ2) is 5.01. The van der Waals surface area contributed by atoms with Crippen molar-refractivity contribution in [2.24, 2.45) is 0 Å². The van der Waals surface area contributed by atoms with Gasteiger partial charge < -0.3 is 10.8 Å². The molecule has 3 N–H and O–H groups in total. The molecular formula is C17H14N4O. The van der Waals surface area contributed by atoms with E-state index < -0.39 is 0 Å². The highest BCUT2D eigenvalue weighted by Crippen LogP contribution is 2.40. The molecule has 0 aliphatic rings. The van der Waals surface area contributed by atoms with Gasteiger partial charge in [-0.25, -0.2) is 0 Å². The van der Waals surface area contributed by atoms with Gasteiger partial charge in [0.2, 0.25) is 0 Å². The number of nitrogens with zero attached hydrogens (tertiary/aromatic N) is 3. The standard InChI is InChI=1S/C17H14N4O/c1-9-3-4-13(22)10(2)14(9)15-16(19)11(8-18)7-12-17(15)21-6-5-20-12/h3-7,22H,19H2,1-2H3. The van der Waals surface area contributed by atoms with Crippen molar-refractivity contribution < 1.29 is 5.11 Å². The van der Waals surface area contributed by atoms with Gasteiger partial charge in [0.1, 0.15) is 11.8 Å². The summed E-state index contributed by atoms with van der Waals surface area (Å²) in [6.45, 7) is 3.75. The first-order valence-corrected chi connectivity index (χ1v) is 6.77. The third-order valence-electron chi connectivity index (χ3n) is 3.82. The number of nitrogen functional groups attached to an aromatic ring is 1. The van der Waals surface area contributed by atoms with Gasteiger partial charge in [-0.15, -0.1) is 0 Å². The molecule has 0 radical (unpaired) electrons. The normalized spacial score (nSPS) is 10.6. The fourth-order valence-electron chi connectivity index (χ4n) is 2.69. The van der Waals surface area contributed by atoms with E-state index in [2.05, 4.69) is 16.0 Å². The molecule has 0 amide bonds. The van der Waals surface area contributed by atoms with E-state index in [4.69, 9.17) is 5.73 Å². The molecule has 1 heterocycles. The van der Waals surface area contributed by atoms with Gasteiger partial charge in [-0.05, 0) is 42.7 Å². The number of aromatic hydroxyl groups is 1. The van der Waals surface area contributed by atoms with Gasteiger partial charge in [0.25, 0.3) is 0 Å². The quantitative estimate of drug-likeness (QED) is 0.671. The second-order valence-electron chi connectivity index (χ2n) is 5.15. The van der Waals surface area contributed by atoms with Crippen LogP contribution in [0.15, 0.2) is 30.6 Å².